The SMILES string of the molecule is COCCC1(C(=O)N2CCC(CN)C2)CCC1.Cl. The molecule has 2 aliphatic rings. The van der Waals surface area contributed by atoms with Crippen LogP contribution in [0.2, 0.25) is 0 Å². The molecule has 1 saturated heterocycles. The maximum atomic E-state index is 12.5. The van der Waals surface area contributed by atoms with E-state index in [1.165, 1.54) is 6.42 Å². The van der Waals surface area contributed by atoms with Crippen molar-refractivity contribution in [2.45, 2.75) is 32.1 Å². The van der Waals surface area contributed by atoms with E-state index in [0.29, 0.717) is 25.0 Å². The molecule has 2 N–H and O–H groups in total. The van der Waals surface area contributed by atoms with E-state index in [1.54, 1.807) is 7.11 Å². The van der Waals surface area contributed by atoms with Crippen molar-refractivity contribution in [3.8, 4) is 0 Å². The van der Waals surface area contributed by atoms with Crippen LogP contribution in [-0.4, -0.2) is 44.2 Å². The maximum absolute atomic E-state index is 12.5. The smallest absolute Gasteiger partial charge is 0.228 e. The summed E-state index contributed by atoms with van der Waals surface area (Å²) < 4.78 is 5.14. The van der Waals surface area contributed by atoms with Gasteiger partial charge in [0.25, 0.3) is 0 Å². The van der Waals surface area contributed by atoms with Gasteiger partial charge >= 0.3 is 0 Å². The van der Waals surface area contributed by atoms with Crippen molar-refractivity contribution in [3.63, 3.8) is 0 Å². The lowest BCUT2D eigenvalue weighted by Gasteiger charge is -2.42. The van der Waals surface area contributed by atoms with Crippen LogP contribution in [0.4, 0.5) is 0 Å². The molecule has 1 saturated carbocycles. The number of rotatable bonds is 5. The molecule has 0 aromatic carbocycles. The number of hydrogen-bond acceptors (Lipinski definition) is 3. The molecule has 0 radical (unpaired) electrons. The van der Waals surface area contributed by atoms with Crippen molar-refractivity contribution in [2.24, 2.45) is 17.1 Å². The largest absolute Gasteiger partial charge is 0.385 e. The van der Waals surface area contributed by atoms with Gasteiger partial charge in [0, 0.05) is 26.8 Å². The summed E-state index contributed by atoms with van der Waals surface area (Å²) >= 11 is 0. The Balaban J connectivity index is 0.00000162. The van der Waals surface area contributed by atoms with Crippen LogP contribution in [0.5, 0.6) is 0 Å². The summed E-state index contributed by atoms with van der Waals surface area (Å²) in [4.78, 5) is 14.6. The summed E-state index contributed by atoms with van der Waals surface area (Å²) in [5, 5.41) is 0. The Kier molecular flexibility index (Phi) is 5.89. The van der Waals surface area contributed by atoms with E-state index < -0.39 is 0 Å². The maximum Gasteiger partial charge on any atom is 0.228 e. The average Bonchev–Trinajstić information content (AvgIpc) is 2.76. The zero-order valence-corrected chi connectivity index (χ0v) is 12.0. The van der Waals surface area contributed by atoms with Gasteiger partial charge < -0.3 is 15.4 Å². The van der Waals surface area contributed by atoms with E-state index in [9.17, 15) is 4.79 Å². The molecule has 1 amide bonds. The first-order chi connectivity index (χ1) is 8.22. The summed E-state index contributed by atoms with van der Waals surface area (Å²) in [6.07, 6.45) is 5.22. The first-order valence-corrected chi connectivity index (χ1v) is 6.70. The Bertz CT molecular complexity index is 282. The van der Waals surface area contributed by atoms with E-state index >= 15 is 0 Å². The van der Waals surface area contributed by atoms with Gasteiger partial charge in [0.2, 0.25) is 5.91 Å². The molecule has 1 aliphatic heterocycles. The number of nitrogens with two attached hydrogens (primary N) is 1. The highest BCUT2D eigenvalue weighted by atomic mass is 35.5. The quantitative estimate of drug-likeness (QED) is 0.826. The fraction of sp³-hybridized carbons (Fsp3) is 0.923. The summed E-state index contributed by atoms with van der Waals surface area (Å²) in [5.41, 5.74) is 5.58. The van der Waals surface area contributed by atoms with E-state index in [0.717, 1.165) is 38.8 Å². The molecule has 5 heteroatoms. The molecule has 0 spiro atoms. The number of amides is 1. The third-order valence-corrected chi connectivity index (χ3v) is 4.46. The lowest BCUT2D eigenvalue weighted by molar-refractivity contribution is -0.148. The first-order valence-electron chi connectivity index (χ1n) is 6.70. The molecular weight excluding hydrogens is 252 g/mol. The predicted molar refractivity (Wildman–Crippen MR) is 73.8 cm³/mol. The molecule has 1 heterocycles. The highest BCUT2D eigenvalue weighted by Crippen LogP contribution is 2.46. The van der Waals surface area contributed by atoms with Crippen LogP contribution in [0, 0.1) is 11.3 Å². The number of carbonyl (C=O) groups is 1. The van der Waals surface area contributed by atoms with Crippen LogP contribution in [-0.2, 0) is 9.53 Å². The van der Waals surface area contributed by atoms with Gasteiger partial charge in [-0.1, -0.05) is 6.42 Å². The van der Waals surface area contributed by atoms with E-state index in [-0.39, 0.29) is 17.8 Å². The zero-order valence-electron chi connectivity index (χ0n) is 11.2. The van der Waals surface area contributed by atoms with E-state index in [2.05, 4.69) is 0 Å². The second-order valence-corrected chi connectivity index (χ2v) is 5.52. The summed E-state index contributed by atoms with van der Waals surface area (Å²) in [5.74, 6) is 0.871. The molecule has 2 fully saturated rings. The van der Waals surface area contributed by atoms with Crippen molar-refractivity contribution in [1.82, 2.24) is 4.90 Å². The van der Waals surface area contributed by atoms with Gasteiger partial charge in [0.05, 0.1) is 5.41 Å². The molecule has 0 aromatic rings. The molecule has 106 valence electrons. The molecule has 18 heavy (non-hydrogen) atoms. The van der Waals surface area contributed by atoms with Crippen LogP contribution in [0.25, 0.3) is 0 Å². The lowest BCUT2D eigenvalue weighted by atomic mass is 9.66. The molecule has 1 atom stereocenters. The fourth-order valence-electron chi connectivity index (χ4n) is 3.02. The van der Waals surface area contributed by atoms with Gasteiger partial charge in [-0.25, -0.2) is 0 Å². The summed E-state index contributed by atoms with van der Waals surface area (Å²) in [6.45, 7) is 3.16. The second kappa shape index (κ2) is 6.73. The normalized spacial score (nSPS) is 25.4. The van der Waals surface area contributed by atoms with Crippen molar-refractivity contribution >= 4 is 18.3 Å². The van der Waals surface area contributed by atoms with Crippen LogP contribution < -0.4 is 5.73 Å². The zero-order chi connectivity index (χ0) is 12.3. The minimum Gasteiger partial charge on any atom is -0.385 e. The fourth-order valence-corrected chi connectivity index (χ4v) is 3.02. The van der Waals surface area contributed by atoms with Crippen LogP contribution in [0.3, 0.4) is 0 Å². The molecular formula is C13H25ClN2O2. The average molecular weight is 277 g/mol. The second-order valence-electron chi connectivity index (χ2n) is 5.52. The number of halogens is 1. The van der Waals surface area contributed by atoms with Crippen LogP contribution in [0.1, 0.15) is 32.1 Å². The molecule has 1 aliphatic carbocycles. The first kappa shape index (κ1) is 15.7. The number of carbonyl (C=O) groups excluding carboxylic acids is 1. The Morgan fingerprint density at radius 3 is 2.67 bits per heavy atom. The van der Waals surface area contributed by atoms with Crippen molar-refractivity contribution in [2.75, 3.05) is 33.4 Å². The number of nitrogens with zero attached hydrogens (tertiary/aromatic N) is 1. The number of methoxy groups -OCH3 is 1. The monoisotopic (exact) mass is 276 g/mol. The van der Waals surface area contributed by atoms with Gasteiger partial charge in [-0.2, -0.15) is 0 Å². The molecule has 1 unspecified atom stereocenters. The highest BCUT2D eigenvalue weighted by molar-refractivity contribution is 5.85. The molecule has 0 bridgehead atoms. The Hall–Kier alpha value is -0.320. The van der Waals surface area contributed by atoms with Crippen molar-refractivity contribution < 1.29 is 9.53 Å². The Labute approximate surface area is 116 Å². The van der Waals surface area contributed by atoms with E-state index in [1.807, 2.05) is 4.90 Å². The van der Waals surface area contributed by atoms with Gasteiger partial charge in [-0.05, 0) is 38.1 Å². The van der Waals surface area contributed by atoms with Gasteiger partial charge in [-0.3, -0.25) is 4.79 Å². The van der Waals surface area contributed by atoms with Crippen molar-refractivity contribution in [3.05, 3.63) is 0 Å². The minimum absolute atomic E-state index is 0. The molecule has 0 aromatic heterocycles. The van der Waals surface area contributed by atoms with Crippen molar-refractivity contribution in [1.29, 1.82) is 0 Å². The third kappa shape index (κ3) is 2.98. The minimum atomic E-state index is -0.0977. The van der Waals surface area contributed by atoms with Gasteiger partial charge in [-0.15, -0.1) is 12.4 Å². The predicted octanol–water partition coefficient (Wildman–Crippen LogP) is 1.42. The number of ether oxygens (including phenoxy) is 1. The molecule has 2 rings (SSSR count). The Morgan fingerprint density at radius 1 is 1.50 bits per heavy atom. The lowest BCUT2D eigenvalue weighted by Crippen LogP contribution is -2.47. The van der Waals surface area contributed by atoms with Gasteiger partial charge in [0.1, 0.15) is 0 Å². The number of likely N-dealkylation sites (tertiary alicyclic amines) is 1. The number of hydrogen-bond donors (Lipinski definition) is 1. The van der Waals surface area contributed by atoms with E-state index in [4.69, 9.17) is 10.5 Å². The summed E-state index contributed by atoms with van der Waals surface area (Å²) in [7, 11) is 1.71. The van der Waals surface area contributed by atoms with Crippen LogP contribution in [0.15, 0.2) is 0 Å². The summed E-state index contributed by atoms with van der Waals surface area (Å²) in [6, 6.07) is 0. The third-order valence-electron chi connectivity index (χ3n) is 4.46. The van der Waals surface area contributed by atoms with Crippen LogP contribution >= 0.6 is 12.4 Å². The van der Waals surface area contributed by atoms with Gasteiger partial charge in [0.15, 0.2) is 0 Å². The Morgan fingerprint density at radius 2 is 2.22 bits per heavy atom. The standard InChI is InChI=1S/C13H24N2O2.ClH/c1-17-8-6-13(4-2-5-13)12(16)15-7-3-11(9-14)10-15;/h11H,2-10,14H2,1H3;1H. The highest BCUT2D eigenvalue weighted by Gasteiger charge is 2.46. The topological polar surface area (TPSA) is 55.6 Å². The molecule has 4 nitrogen and oxygen atoms in total.